The van der Waals surface area contributed by atoms with E-state index in [4.69, 9.17) is 4.74 Å². The van der Waals surface area contributed by atoms with Crippen LogP contribution in [0.5, 0.6) is 5.75 Å². The molecule has 0 bridgehead atoms. The van der Waals surface area contributed by atoms with Crippen molar-refractivity contribution in [2.45, 2.75) is 26.7 Å². The van der Waals surface area contributed by atoms with Gasteiger partial charge in [-0.25, -0.2) is 0 Å². The number of anilines is 2. The first-order chi connectivity index (χ1) is 15.5. The highest BCUT2D eigenvalue weighted by molar-refractivity contribution is 9.10. The zero-order chi connectivity index (χ0) is 22.9. The van der Waals surface area contributed by atoms with E-state index >= 15 is 0 Å². The molecule has 0 heterocycles. The maximum atomic E-state index is 13.1. The minimum atomic E-state index is -0.259. The van der Waals surface area contributed by atoms with Crippen LogP contribution in [0.4, 0.5) is 11.4 Å². The normalized spacial score (nSPS) is 10.5. The summed E-state index contributed by atoms with van der Waals surface area (Å²) in [5, 5.41) is 2.88. The Balaban J connectivity index is 1.72. The van der Waals surface area contributed by atoms with Crippen LogP contribution in [0.25, 0.3) is 0 Å². The number of halogens is 1. The van der Waals surface area contributed by atoms with Crippen LogP contribution in [0.3, 0.4) is 0 Å². The molecule has 0 unspecified atom stereocenters. The summed E-state index contributed by atoms with van der Waals surface area (Å²) in [4.78, 5) is 27.5. The van der Waals surface area contributed by atoms with Gasteiger partial charge in [0.2, 0.25) is 0 Å². The molecule has 0 aromatic heterocycles. The van der Waals surface area contributed by atoms with Gasteiger partial charge >= 0.3 is 0 Å². The Hall–Kier alpha value is -3.12. The molecule has 1 N–H and O–H groups in total. The molecule has 0 spiro atoms. The molecule has 5 nitrogen and oxygen atoms in total. The summed E-state index contributed by atoms with van der Waals surface area (Å²) in [5.41, 5.74) is 2.40. The van der Waals surface area contributed by atoms with Gasteiger partial charge in [-0.3, -0.25) is 9.59 Å². The van der Waals surface area contributed by atoms with Gasteiger partial charge in [-0.15, -0.1) is 0 Å². The number of carbonyl (C=O) groups is 2. The van der Waals surface area contributed by atoms with Crippen molar-refractivity contribution in [1.82, 2.24) is 0 Å². The van der Waals surface area contributed by atoms with Gasteiger partial charge in [0.1, 0.15) is 5.75 Å². The minimum absolute atomic E-state index is 0.119. The Morgan fingerprint density at radius 3 is 2.41 bits per heavy atom. The Morgan fingerprint density at radius 2 is 1.72 bits per heavy atom. The van der Waals surface area contributed by atoms with Crippen molar-refractivity contribution < 1.29 is 14.3 Å². The molecule has 0 aliphatic carbocycles. The molecule has 0 fully saturated rings. The number of unbranched alkanes of at least 4 members (excludes halogenated alkanes) is 1. The molecule has 166 valence electrons. The lowest BCUT2D eigenvalue weighted by Gasteiger charge is -2.21. The van der Waals surface area contributed by atoms with Crippen LogP contribution >= 0.6 is 15.9 Å². The molecular weight excluding hydrogens is 468 g/mol. The number of nitrogens with one attached hydrogen (secondary N) is 1. The number of amides is 2. The lowest BCUT2D eigenvalue weighted by atomic mass is 10.1. The van der Waals surface area contributed by atoms with Crippen LogP contribution in [0.1, 0.15) is 47.4 Å². The second-order valence-electron chi connectivity index (χ2n) is 7.27. The Kier molecular flexibility index (Phi) is 8.45. The van der Waals surface area contributed by atoms with Crippen molar-refractivity contribution in [1.29, 1.82) is 0 Å². The summed E-state index contributed by atoms with van der Waals surface area (Å²) in [6, 6.07) is 21.8. The second kappa shape index (κ2) is 11.5. The molecule has 3 rings (SSSR count). The molecule has 0 atom stereocenters. The fourth-order valence-electron chi connectivity index (χ4n) is 3.23. The largest absolute Gasteiger partial charge is 0.492 e. The van der Waals surface area contributed by atoms with Gasteiger partial charge < -0.3 is 15.0 Å². The predicted molar refractivity (Wildman–Crippen MR) is 133 cm³/mol. The standard InChI is InChI=1S/C26H27BrN2O3/c1-3-5-16-32-24-15-14-19(18-23(24)27)25(30)28-21-11-9-10-20(17-21)26(31)29(4-2)22-12-7-6-8-13-22/h6-15,17-18H,3-5,16H2,1-2H3,(H,28,30). The number of ether oxygens (including phenoxy) is 1. The molecule has 3 aromatic carbocycles. The van der Waals surface area contributed by atoms with Crippen molar-refractivity contribution in [2.24, 2.45) is 0 Å². The van der Waals surface area contributed by atoms with Crippen molar-refractivity contribution in [3.05, 3.63) is 88.4 Å². The number of hydrogen-bond acceptors (Lipinski definition) is 3. The minimum Gasteiger partial charge on any atom is -0.492 e. The molecule has 3 aromatic rings. The van der Waals surface area contributed by atoms with Crippen molar-refractivity contribution in [3.63, 3.8) is 0 Å². The summed E-state index contributed by atoms with van der Waals surface area (Å²) >= 11 is 3.47. The van der Waals surface area contributed by atoms with Crippen LogP contribution in [-0.2, 0) is 0 Å². The van der Waals surface area contributed by atoms with Crippen molar-refractivity contribution in [3.8, 4) is 5.75 Å². The first-order valence-corrected chi connectivity index (χ1v) is 11.5. The van der Waals surface area contributed by atoms with Gasteiger partial charge in [-0.05, 0) is 77.8 Å². The number of para-hydroxylation sites is 1. The lowest BCUT2D eigenvalue weighted by molar-refractivity contribution is 0.0985. The van der Waals surface area contributed by atoms with E-state index in [-0.39, 0.29) is 11.8 Å². The number of benzene rings is 3. The fraction of sp³-hybridized carbons (Fsp3) is 0.231. The first kappa shape index (κ1) is 23.5. The van der Waals surface area contributed by atoms with Gasteiger partial charge in [0.15, 0.2) is 0 Å². The summed E-state index contributed by atoms with van der Waals surface area (Å²) < 4.78 is 6.45. The van der Waals surface area contributed by atoms with Crippen LogP contribution in [-0.4, -0.2) is 25.0 Å². The molecule has 2 amide bonds. The van der Waals surface area contributed by atoms with Gasteiger partial charge in [-0.2, -0.15) is 0 Å². The Bertz CT molecular complexity index is 1070. The number of carbonyl (C=O) groups excluding carboxylic acids is 2. The third-order valence-electron chi connectivity index (χ3n) is 4.95. The number of rotatable bonds is 9. The molecule has 0 radical (unpaired) electrons. The molecule has 32 heavy (non-hydrogen) atoms. The summed E-state index contributed by atoms with van der Waals surface area (Å²) in [6.45, 7) is 5.22. The molecular formula is C26H27BrN2O3. The fourth-order valence-corrected chi connectivity index (χ4v) is 3.72. The average molecular weight is 495 g/mol. The van der Waals surface area contributed by atoms with E-state index in [0.717, 1.165) is 23.0 Å². The van der Waals surface area contributed by atoms with Gasteiger partial charge in [0.25, 0.3) is 11.8 Å². The van der Waals surface area contributed by atoms with Gasteiger partial charge in [0.05, 0.1) is 11.1 Å². The van der Waals surface area contributed by atoms with Gasteiger partial charge in [-0.1, -0.05) is 37.6 Å². The Labute approximate surface area is 197 Å². The quantitative estimate of drug-likeness (QED) is 0.343. The third kappa shape index (κ3) is 5.98. The highest BCUT2D eigenvalue weighted by Crippen LogP contribution is 2.27. The van der Waals surface area contributed by atoms with Crippen LogP contribution in [0, 0.1) is 0 Å². The SMILES string of the molecule is CCCCOc1ccc(C(=O)Nc2cccc(C(=O)N(CC)c3ccccc3)c2)cc1Br. The summed E-state index contributed by atoms with van der Waals surface area (Å²) in [6.07, 6.45) is 2.03. The highest BCUT2D eigenvalue weighted by Gasteiger charge is 2.17. The first-order valence-electron chi connectivity index (χ1n) is 10.7. The van der Waals surface area contributed by atoms with Crippen molar-refractivity contribution in [2.75, 3.05) is 23.4 Å². The number of hydrogen-bond donors (Lipinski definition) is 1. The van der Waals surface area contributed by atoms with E-state index in [1.165, 1.54) is 0 Å². The zero-order valence-corrected chi connectivity index (χ0v) is 19.9. The third-order valence-corrected chi connectivity index (χ3v) is 5.57. The van der Waals surface area contributed by atoms with E-state index < -0.39 is 0 Å². The highest BCUT2D eigenvalue weighted by atomic mass is 79.9. The average Bonchev–Trinajstić information content (AvgIpc) is 2.81. The maximum Gasteiger partial charge on any atom is 0.258 e. The van der Waals surface area contributed by atoms with Crippen LogP contribution < -0.4 is 15.0 Å². The van der Waals surface area contributed by atoms with Crippen LogP contribution in [0.2, 0.25) is 0 Å². The predicted octanol–water partition coefficient (Wildman–Crippen LogP) is 6.55. The monoisotopic (exact) mass is 494 g/mol. The molecule has 0 saturated carbocycles. The summed E-state index contributed by atoms with van der Waals surface area (Å²) in [7, 11) is 0. The van der Waals surface area contributed by atoms with Crippen molar-refractivity contribution >= 4 is 39.1 Å². The van der Waals surface area contributed by atoms with E-state index in [0.29, 0.717) is 35.7 Å². The van der Waals surface area contributed by atoms with E-state index in [2.05, 4.69) is 28.2 Å². The molecule has 0 aliphatic heterocycles. The lowest BCUT2D eigenvalue weighted by Crippen LogP contribution is -2.30. The van der Waals surface area contributed by atoms with E-state index in [9.17, 15) is 9.59 Å². The molecule has 0 saturated heterocycles. The zero-order valence-electron chi connectivity index (χ0n) is 18.3. The molecule has 0 aliphatic rings. The van der Waals surface area contributed by atoms with Gasteiger partial charge in [0, 0.05) is 29.0 Å². The number of nitrogens with zero attached hydrogens (tertiary/aromatic N) is 1. The molecule has 6 heteroatoms. The van der Waals surface area contributed by atoms with E-state index in [1.54, 1.807) is 47.4 Å². The van der Waals surface area contributed by atoms with Crippen LogP contribution in [0.15, 0.2) is 77.3 Å². The smallest absolute Gasteiger partial charge is 0.258 e. The maximum absolute atomic E-state index is 13.1. The second-order valence-corrected chi connectivity index (χ2v) is 8.12. The topological polar surface area (TPSA) is 58.6 Å². The Morgan fingerprint density at radius 1 is 0.938 bits per heavy atom. The summed E-state index contributed by atoms with van der Waals surface area (Å²) in [5.74, 6) is 0.333. The van der Waals surface area contributed by atoms with E-state index in [1.807, 2.05) is 37.3 Å².